The molecule has 0 rings (SSSR count). The van der Waals surface area contributed by atoms with Gasteiger partial charge < -0.3 is 18.9 Å². The number of hydrogen-bond donors (Lipinski definition) is 1. The van der Waals surface area contributed by atoms with Gasteiger partial charge in [-0.3, -0.25) is 18.6 Å². The summed E-state index contributed by atoms with van der Waals surface area (Å²) in [6.07, 6.45) is 100. The fourth-order valence-corrected chi connectivity index (χ4v) is 14.9. The van der Waals surface area contributed by atoms with E-state index in [0.29, 0.717) is 17.4 Å². The quantitative estimate of drug-likeness (QED) is 0.0278. The minimum Gasteiger partial charge on any atom is -0.462 e. The number of nitrogens with zero attached hydrogens (tertiary/aromatic N) is 1. The number of rotatable bonds is 85. The number of unbranched alkanes of at least 4 members (excludes halogenated alkanes) is 71. The Bertz CT molecular complexity index is 1590. The van der Waals surface area contributed by atoms with Crippen LogP contribution in [0.15, 0.2) is 0 Å². The second-order valence-electron chi connectivity index (χ2n) is 32.0. The molecule has 0 saturated carbocycles. The maximum absolute atomic E-state index is 12.9. The van der Waals surface area contributed by atoms with Crippen LogP contribution in [0.1, 0.15) is 495 Å². The Morgan fingerprint density at radius 3 is 0.660 bits per heavy atom. The lowest BCUT2D eigenvalue weighted by atomic mass is 10.0. The number of ether oxygens (including phenoxy) is 2. The van der Waals surface area contributed by atoms with Crippen molar-refractivity contribution in [1.29, 1.82) is 0 Å². The Morgan fingerprint density at radius 1 is 0.278 bits per heavy atom. The van der Waals surface area contributed by atoms with E-state index in [4.69, 9.17) is 18.5 Å². The van der Waals surface area contributed by atoms with Crippen LogP contribution in [0.2, 0.25) is 0 Å². The minimum absolute atomic E-state index is 0.0379. The highest BCUT2D eigenvalue weighted by Gasteiger charge is 2.27. The van der Waals surface area contributed by atoms with Crippen LogP contribution >= 0.6 is 7.82 Å². The zero-order chi connectivity index (χ0) is 70.4. The van der Waals surface area contributed by atoms with E-state index in [-0.39, 0.29) is 25.6 Å². The first-order valence-corrected chi connectivity index (χ1v) is 45.8. The van der Waals surface area contributed by atoms with Gasteiger partial charge in [0.2, 0.25) is 0 Å². The van der Waals surface area contributed by atoms with E-state index in [1.54, 1.807) is 0 Å². The van der Waals surface area contributed by atoms with Crippen LogP contribution in [0.4, 0.5) is 0 Å². The number of carbonyl (C=O) groups excluding carboxylic acids is 2. The summed E-state index contributed by atoms with van der Waals surface area (Å²) < 4.78 is 34.9. The van der Waals surface area contributed by atoms with Gasteiger partial charge in [0.25, 0.3) is 0 Å². The van der Waals surface area contributed by atoms with Gasteiger partial charge in [0.1, 0.15) is 19.8 Å². The van der Waals surface area contributed by atoms with E-state index in [2.05, 4.69) is 13.8 Å². The predicted molar refractivity (Wildman–Crippen MR) is 423 cm³/mol. The first-order chi connectivity index (χ1) is 47.5. The smallest absolute Gasteiger partial charge is 0.462 e. The Kier molecular flexibility index (Phi) is 78.3. The molecule has 0 fully saturated rings. The second kappa shape index (κ2) is 79.1. The summed E-state index contributed by atoms with van der Waals surface area (Å²) >= 11 is 0. The lowest BCUT2D eigenvalue weighted by Crippen LogP contribution is -2.37. The molecular weight excluding hydrogens is 1220 g/mol. The highest BCUT2D eigenvalue weighted by molar-refractivity contribution is 7.47. The zero-order valence-corrected chi connectivity index (χ0v) is 67.5. The summed E-state index contributed by atoms with van der Waals surface area (Å²) in [7, 11) is 1.51. The van der Waals surface area contributed by atoms with Crippen LogP contribution < -0.4 is 0 Å². The molecule has 580 valence electrons. The molecule has 0 spiro atoms. The molecule has 10 heteroatoms. The molecule has 0 aliphatic heterocycles. The standard InChI is InChI=1S/C87H174NO8P/c1-6-8-10-12-14-16-18-20-22-24-26-28-30-32-34-36-38-40-41-42-43-44-45-46-47-48-50-52-54-56-58-60-62-64-66-68-70-72-74-76-78-80-87(90)96-85(84-95-97(91,92)94-82-81-88(3,4)5)83-93-86(89)79-77-75-73-71-69-67-65-63-61-59-57-55-53-51-49-39-37-35-33-31-29-27-25-23-21-19-17-15-13-11-9-7-2/h85H,6-84H2,1-5H3/p+1. The number of esters is 2. The fraction of sp³-hybridized carbons (Fsp3) is 0.977. The average Bonchev–Trinajstić information content (AvgIpc) is 1.69. The maximum Gasteiger partial charge on any atom is 0.472 e. The van der Waals surface area contributed by atoms with Crippen LogP contribution in [0.3, 0.4) is 0 Å². The van der Waals surface area contributed by atoms with Crippen LogP contribution in [-0.2, 0) is 32.7 Å². The molecule has 0 aromatic carbocycles. The van der Waals surface area contributed by atoms with E-state index >= 15 is 0 Å². The number of quaternary nitrogens is 1. The molecule has 0 aliphatic rings. The molecule has 2 unspecified atom stereocenters. The summed E-state index contributed by atoms with van der Waals surface area (Å²) in [5, 5.41) is 0. The van der Waals surface area contributed by atoms with Crippen LogP contribution in [0.25, 0.3) is 0 Å². The number of likely N-dealkylation sites (N-methyl/N-ethyl adjacent to an activating group) is 1. The Hall–Kier alpha value is -0.990. The Balaban J connectivity index is 3.82. The largest absolute Gasteiger partial charge is 0.472 e. The number of carbonyl (C=O) groups is 2. The molecule has 0 bridgehead atoms. The lowest BCUT2D eigenvalue weighted by Gasteiger charge is -2.24. The summed E-state index contributed by atoms with van der Waals surface area (Å²) in [5.41, 5.74) is 0. The van der Waals surface area contributed by atoms with Crippen molar-refractivity contribution in [3.05, 3.63) is 0 Å². The molecular formula is C87H175NO8P+. The SMILES string of the molecule is CCCCCCCCCCCCCCCCCCCCCCCCCCCCCCCCCCCCCCCCCCCC(=O)OC(COC(=O)CCCCCCCCCCCCCCCCCCCCCCCCCCCCCCCCCC)COP(=O)(O)OCC[N+](C)(C)C. The first kappa shape index (κ1) is 96.0. The van der Waals surface area contributed by atoms with Gasteiger partial charge >= 0.3 is 19.8 Å². The van der Waals surface area contributed by atoms with E-state index in [1.807, 2.05) is 21.1 Å². The Labute approximate surface area is 607 Å². The highest BCUT2D eigenvalue weighted by atomic mass is 31.2. The Morgan fingerprint density at radius 2 is 0.464 bits per heavy atom. The van der Waals surface area contributed by atoms with E-state index in [9.17, 15) is 19.0 Å². The summed E-state index contributed by atoms with van der Waals surface area (Å²) in [5.74, 6) is -0.762. The van der Waals surface area contributed by atoms with Gasteiger partial charge in [0, 0.05) is 12.8 Å². The monoisotopic (exact) mass is 1390 g/mol. The van der Waals surface area contributed by atoms with E-state index in [0.717, 1.165) is 38.5 Å². The van der Waals surface area contributed by atoms with Gasteiger partial charge in [-0.05, 0) is 12.8 Å². The van der Waals surface area contributed by atoms with Gasteiger partial charge in [0.15, 0.2) is 6.10 Å². The van der Waals surface area contributed by atoms with Gasteiger partial charge in [-0.2, -0.15) is 0 Å². The van der Waals surface area contributed by atoms with Crippen LogP contribution in [0, 0.1) is 0 Å². The summed E-state index contributed by atoms with van der Waals surface area (Å²) in [4.78, 5) is 36.0. The van der Waals surface area contributed by atoms with Crippen molar-refractivity contribution in [2.24, 2.45) is 0 Å². The molecule has 9 nitrogen and oxygen atoms in total. The van der Waals surface area contributed by atoms with Crippen molar-refractivity contribution in [3.8, 4) is 0 Å². The van der Waals surface area contributed by atoms with Gasteiger partial charge in [-0.15, -0.1) is 0 Å². The maximum atomic E-state index is 12.9. The molecule has 0 radical (unpaired) electrons. The first-order valence-electron chi connectivity index (χ1n) is 44.3. The van der Waals surface area contributed by atoms with E-state index in [1.165, 1.54) is 430 Å². The third-order valence-electron chi connectivity index (χ3n) is 20.9. The van der Waals surface area contributed by atoms with Gasteiger partial charge in [-0.1, -0.05) is 470 Å². The third kappa shape index (κ3) is 83.8. The van der Waals surface area contributed by atoms with Crippen molar-refractivity contribution in [1.82, 2.24) is 0 Å². The average molecular weight is 1390 g/mol. The molecule has 0 aromatic rings. The topological polar surface area (TPSA) is 108 Å². The van der Waals surface area contributed by atoms with Crippen molar-refractivity contribution in [2.75, 3.05) is 47.5 Å². The molecule has 0 amide bonds. The van der Waals surface area contributed by atoms with Crippen molar-refractivity contribution in [3.63, 3.8) is 0 Å². The van der Waals surface area contributed by atoms with Gasteiger partial charge in [0.05, 0.1) is 27.7 Å². The van der Waals surface area contributed by atoms with Crippen LogP contribution in [0.5, 0.6) is 0 Å². The van der Waals surface area contributed by atoms with Crippen molar-refractivity contribution >= 4 is 19.8 Å². The third-order valence-corrected chi connectivity index (χ3v) is 21.9. The normalized spacial score (nSPS) is 12.8. The molecule has 1 N–H and O–H groups in total. The summed E-state index contributed by atoms with van der Waals surface area (Å²) in [6.45, 7) is 4.55. The second-order valence-corrected chi connectivity index (χ2v) is 33.5. The van der Waals surface area contributed by atoms with Gasteiger partial charge in [-0.25, -0.2) is 4.57 Å². The minimum atomic E-state index is -4.39. The van der Waals surface area contributed by atoms with Crippen molar-refractivity contribution < 1.29 is 42.1 Å². The number of phosphoric acid groups is 1. The molecule has 97 heavy (non-hydrogen) atoms. The highest BCUT2D eigenvalue weighted by Crippen LogP contribution is 2.43. The predicted octanol–water partition coefficient (Wildman–Crippen LogP) is 29.6. The molecule has 0 aliphatic carbocycles. The fourth-order valence-electron chi connectivity index (χ4n) is 14.1. The lowest BCUT2D eigenvalue weighted by molar-refractivity contribution is -0.870. The molecule has 0 aromatic heterocycles. The van der Waals surface area contributed by atoms with E-state index < -0.39 is 26.5 Å². The summed E-state index contributed by atoms with van der Waals surface area (Å²) in [6, 6.07) is 0. The molecule has 0 saturated heterocycles. The number of hydrogen-bond acceptors (Lipinski definition) is 7. The van der Waals surface area contributed by atoms with Crippen molar-refractivity contribution in [2.45, 2.75) is 502 Å². The molecule has 2 atom stereocenters. The zero-order valence-electron chi connectivity index (χ0n) is 66.6. The number of phosphoric ester groups is 1. The molecule has 0 heterocycles. The van der Waals surface area contributed by atoms with Crippen LogP contribution in [-0.4, -0.2) is 74.9 Å².